The van der Waals surface area contributed by atoms with Gasteiger partial charge in [-0.1, -0.05) is 12.1 Å². The number of unbranched alkanes of at least 4 members (excludes halogenated alkanes) is 1. The number of primary amides is 1. The van der Waals surface area contributed by atoms with Crippen molar-refractivity contribution in [3.8, 4) is 0 Å². The van der Waals surface area contributed by atoms with Gasteiger partial charge in [0, 0.05) is 6.42 Å². The topological polar surface area (TPSA) is 43.1 Å². The molecule has 0 aliphatic heterocycles. The molecule has 0 atom stereocenters. The first kappa shape index (κ1) is 13.5. The van der Waals surface area contributed by atoms with Gasteiger partial charge in [0.1, 0.15) is 0 Å². The van der Waals surface area contributed by atoms with Crippen LogP contribution in [0.2, 0.25) is 0 Å². The van der Waals surface area contributed by atoms with E-state index in [1.807, 2.05) is 0 Å². The third kappa shape index (κ3) is 4.89. The average molecular weight is 245 g/mol. The fourth-order valence-electron chi connectivity index (χ4n) is 1.49. The molecule has 0 saturated carbocycles. The lowest BCUT2D eigenvalue weighted by Crippen LogP contribution is -2.09. The Morgan fingerprint density at radius 3 is 2.18 bits per heavy atom. The first-order valence-electron chi connectivity index (χ1n) is 5.34. The number of carbonyl (C=O) groups excluding carboxylic acids is 1. The number of hydrogen-bond acceptors (Lipinski definition) is 1. The third-order valence-electron chi connectivity index (χ3n) is 2.42. The molecule has 2 nitrogen and oxygen atoms in total. The van der Waals surface area contributed by atoms with Gasteiger partial charge >= 0.3 is 6.18 Å². The van der Waals surface area contributed by atoms with Crippen LogP contribution in [0.25, 0.3) is 0 Å². The summed E-state index contributed by atoms with van der Waals surface area (Å²) >= 11 is 0. The maximum absolute atomic E-state index is 12.3. The Morgan fingerprint density at radius 2 is 1.71 bits per heavy atom. The zero-order chi connectivity index (χ0) is 12.9. The van der Waals surface area contributed by atoms with Gasteiger partial charge in [0.2, 0.25) is 5.91 Å². The predicted octanol–water partition coefficient (Wildman–Crippen LogP) is 2.90. The van der Waals surface area contributed by atoms with Gasteiger partial charge in [0.25, 0.3) is 0 Å². The van der Waals surface area contributed by atoms with E-state index in [4.69, 9.17) is 5.73 Å². The van der Waals surface area contributed by atoms with Gasteiger partial charge in [-0.15, -0.1) is 0 Å². The van der Waals surface area contributed by atoms with E-state index in [9.17, 15) is 18.0 Å². The smallest absolute Gasteiger partial charge is 0.370 e. The van der Waals surface area contributed by atoms with E-state index in [1.165, 1.54) is 12.1 Å². The van der Waals surface area contributed by atoms with Crippen LogP contribution in [0.4, 0.5) is 13.2 Å². The fourth-order valence-corrected chi connectivity index (χ4v) is 1.49. The Labute approximate surface area is 97.6 Å². The molecule has 0 spiro atoms. The standard InChI is InChI=1S/C12H14F3NO/c13-12(14,15)10-7-5-9(6-8-10)3-1-2-4-11(16)17/h5-8H,1-4H2,(H2,16,17). The number of nitrogens with two attached hydrogens (primary N) is 1. The van der Waals surface area contributed by atoms with Crippen molar-refractivity contribution in [2.45, 2.75) is 31.9 Å². The number of rotatable bonds is 5. The normalized spacial score (nSPS) is 11.5. The molecule has 1 aromatic rings. The van der Waals surface area contributed by atoms with Gasteiger partial charge in [0.05, 0.1) is 5.56 Å². The summed E-state index contributed by atoms with van der Waals surface area (Å²) in [6.07, 6.45) is -1.90. The second-order valence-electron chi connectivity index (χ2n) is 3.87. The fraction of sp³-hybridized carbons (Fsp3) is 0.417. The van der Waals surface area contributed by atoms with E-state index in [0.717, 1.165) is 24.1 Å². The lowest BCUT2D eigenvalue weighted by atomic mass is 10.0. The number of alkyl halides is 3. The van der Waals surface area contributed by atoms with Crippen molar-refractivity contribution in [3.05, 3.63) is 35.4 Å². The molecule has 2 N–H and O–H groups in total. The minimum Gasteiger partial charge on any atom is -0.370 e. The summed E-state index contributed by atoms with van der Waals surface area (Å²) in [5, 5.41) is 0. The summed E-state index contributed by atoms with van der Waals surface area (Å²) in [7, 11) is 0. The van der Waals surface area contributed by atoms with E-state index in [-0.39, 0.29) is 5.91 Å². The van der Waals surface area contributed by atoms with Gasteiger partial charge in [-0.25, -0.2) is 0 Å². The monoisotopic (exact) mass is 245 g/mol. The molecule has 0 fully saturated rings. The minimum atomic E-state index is -4.29. The van der Waals surface area contributed by atoms with Crippen LogP contribution in [0.15, 0.2) is 24.3 Å². The molecular formula is C12H14F3NO. The molecule has 1 amide bonds. The molecule has 0 heterocycles. The first-order valence-corrected chi connectivity index (χ1v) is 5.34. The second kappa shape index (κ2) is 5.70. The molecule has 0 bridgehead atoms. The highest BCUT2D eigenvalue weighted by atomic mass is 19.4. The van der Waals surface area contributed by atoms with Crippen LogP contribution in [-0.2, 0) is 17.4 Å². The molecule has 0 aromatic heterocycles. The zero-order valence-corrected chi connectivity index (χ0v) is 9.26. The highest BCUT2D eigenvalue weighted by molar-refractivity contribution is 5.73. The molecule has 1 rings (SSSR count). The largest absolute Gasteiger partial charge is 0.416 e. The summed E-state index contributed by atoms with van der Waals surface area (Å²) in [5.74, 6) is -0.350. The van der Waals surface area contributed by atoms with Crippen LogP contribution in [0.3, 0.4) is 0 Å². The molecule has 5 heteroatoms. The SMILES string of the molecule is NC(=O)CCCCc1ccc(C(F)(F)F)cc1. The van der Waals surface area contributed by atoms with Gasteiger partial charge in [-0.3, -0.25) is 4.79 Å². The number of carbonyl (C=O) groups is 1. The number of amides is 1. The second-order valence-corrected chi connectivity index (χ2v) is 3.87. The molecule has 0 unspecified atom stereocenters. The lowest BCUT2D eigenvalue weighted by Gasteiger charge is -2.07. The van der Waals surface area contributed by atoms with Crippen molar-refractivity contribution >= 4 is 5.91 Å². The van der Waals surface area contributed by atoms with Crippen LogP contribution < -0.4 is 5.73 Å². The van der Waals surface area contributed by atoms with E-state index in [0.29, 0.717) is 19.3 Å². The third-order valence-corrected chi connectivity index (χ3v) is 2.42. The summed E-state index contributed by atoms with van der Waals surface area (Å²) in [6, 6.07) is 5.08. The number of halogens is 3. The highest BCUT2D eigenvalue weighted by Crippen LogP contribution is 2.29. The van der Waals surface area contributed by atoms with Crippen LogP contribution in [0.1, 0.15) is 30.4 Å². The van der Waals surface area contributed by atoms with Crippen molar-refractivity contribution < 1.29 is 18.0 Å². The van der Waals surface area contributed by atoms with Crippen LogP contribution in [0, 0.1) is 0 Å². The summed E-state index contributed by atoms with van der Waals surface area (Å²) in [6.45, 7) is 0. The summed E-state index contributed by atoms with van der Waals surface area (Å²) in [4.78, 5) is 10.5. The molecule has 17 heavy (non-hydrogen) atoms. The Hall–Kier alpha value is -1.52. The highest BCUT2D eigenvalue weighted by Gasteiger charge is 2.29. The molecule has 94 valence electrons. The number of hydrogen-bond donors (Lipinski definition) is 1. The van der Waals surface area contributed by atoms with E-state index >= 15 is 0 Å². The lowest BCUT2D eigenvalue weighted by molar-refractivity contribution is -0.137. The molecule has 0 aliphatic rings. The minimum absolute atomic E-state index is 0.320. The quantitative estimate of drug-likeness (QED) is 0.796. The predicted molar refractivity (Wildman–Crippen MR) is 58.2 cm³/mol. The molecule has 0 saturated heterocycles. The maximum Gasteiger partial charge on any atom is 0.416 e. The van der Waals surface area contributed by atoms with Gasteiger partial charge in [0.15, 0.2) is 0 Å². The van der Waals surface area contributed by atoms with Crippen LogP contribution >= 0.6 is 0 Å². The van der Waals surface area contributed by atoms with Crippen molar-refractivity contribution in [1.82, 2.24) is 0 Å². The van der Waals surface area contributed by atoms with E-state index in [2.05, 4.69) is 0 Å². The molecular weight excluding hydrogens is 231 g/mol. The number of aryl methyl sites for hydroxylation is 1. The molecule has 0 aliphatic carbocycles. The van der Waals surface area contributed by atoms with E-state index in [1.54, 1.807) is 0 Å². The average Bonchev–Trinajstić information content (AvgIpc) is 2.23. The maximum atomic E-state index is 12.3. The van der Waals surface area contributed by atoms with E-state index < -0.39 is 11.7 Å². The summed E-state index contributed by atoms with van der Waals surface area (Å²) < 4.78 is 36.8. The Morgan fingerprint density at radius 1 is 1.12 bits per heavy atom. The van der Waals surface area contributed by atoms with Crippen LogP contribution in [0.5, 0.6) is 0 Å². The van der Waals surface area contributed by atoms with Crippen molar-refractivity contribution in [2.75, 3.05) is 0 Å². The van der Waals surface area contributed by atoms with Gasteiger partial charge in [-0.2, -0.15) is 13.2 Å². The molecule has 1 aromatic carbocycles. The Kier molecular flexibility index (Phi) is 4.54. The van der Waals surface area contributed by atoms with Crippen LogP contribution in [-0.4, -0.2) is 5.91 Å². The van der Waals surface area contributed by atoms with Crippen molar-refractivity contribution in [1.29, 1.82) is 0 Å². The molecule has 0 radical (unpaired) electrons. The Bertz CT molecular complexity index is 370. The summed E-state index contributed by atoms with van der Waals surface area (Å²) in [5.41, 5.74) is 5.17. The van der Waals surface area contributed by atoms with Gasteiger partial charge < -0.3 is 5.73 Å². The van der Waals surface area contributed by atoms with Crippen molar-refractivity contribution in [2.24, 2.45) is 5.73 Å². The van der Waals surface area contributed by atoms with Gasteiger partial charge in [-0.05, 0) is 37.0 Å². The number of benzene rings is 1. The Balaban J connectivity index is 2.43. The van der Waals surface area contributed by atoms with Crippen molar-refractivity contribution in [3.63, 3.8) is 0 Å². The first-order chi connectivity index (χ1) is 7.89. The zero-order valence-electron chi connectivity index (χ0n) is 9.26.